The van der Waals surface area contributed by atoms with Crippen molar-refractivity contribution in [2.24, 2.45) is 17.8 Å². The molecule has 2 atom stereocenters. The van der Waals surface area contributed by atoms with Crippen LogP contribution in [0.2, 0.25) is 0 Å². The van der Waals surface area contributed by atoms with Gasteiger partial charge in [0.25, 0.3) is 0 Å². The highest BCUT2D eigenvalue weighted by molar-refractivity contribution is 5.71. The van der Waals surface area contributed by atoms with Gasteiger partial charge in [0.2, 0.25) is 0 Å². The molecule has 0 rings (SSSR count). The summed E-state index contributed by atoms with van der Waals surface area (Å²) in [5.74, 6) is 1.55. The first-order valence-electron chi connectivity index (χ1n) is 22.1. The van der Waals surface area contributed by atoms with E-state index >= 15 is 0 Å². The fraction of sp³-hybridized carbons (Fsp3) is 0.933. The summed E-state index contributed by atoms with van der Waals surface area (Å²) in [6.45, 7) is 13.6. The van der Waals surface area contributed by atoms with Gasteiger partial charge in [0, 0.05) is 19.3 Å². The van der Waals surface area contributed by atoms with Gasteiger partial charge < -0.3 is 14.2 Å². The monoisotopic (exact) mass is 723 g/mol. The van der Waals surface area contributed by atoms with Crippen molar-refractivity contribution in [3.05, 3.63) is 0 Å². The smallest absolute Gasteiger partial charge is 0.306 e. The lowest BCUT2D eigenvalue weighted by atomic mass is 10.00. The zero-order valence-corrected chi connectivity index (χ0v) is 34.9. The van der Waals surface area contributed by atoms with E-state index in [1.165, 1.54) is 116 Å². The van der Waals surface area contributed by atoms with Crippen molar-refractivity contribution >= 4 is 17.9 Å². The van der Waals surface area contributed by atoms with Crippen LogP contribution in [0.3, 0.4) is 0 Å². The summed E-state index contributed by atoms with van der Waals surface area (Å²) in [6.07, 6.45) is 32.4. The van der Waals surface area contributed by atoms with Crippen molar-refractivity contribution in [3.8, 4) is 0 Å². The predicted molar refractivity (Wildman–Crippen MR) is 215 cm³/mol. The molecule has 302 valence electrons. The summed E-state index contributed by atoms with van der Waals surface area (Å²) in [5.41, 5.74) is 0. The molecule has 0 radical (unpaired) electrons. The van der Waals surface area contributed by atoms with E-state index in [0.717, 1.165) is 75.5 Å². The maximum Gasteiger partial charge on any atom is 0.306 e. The second-order valence-electron chi connectivity index (χ2n) is 16.5. The molecule has 0 aromatic carbocycles. The maximum atomic E-state index is 12.7. The van der Waals surface area contributed by atoms with Crippen LogP contribution >= 0.6 is 0 Å². The number of carbonyl (C=O) groups excluding carboxylic acids is 3. The number of esters is 3. The van der Waals surface area contributed by atoms with E-state index in [1.807, 2.05) is 0 Å². The zero-order valence-electron chi connectivity index (χ0n) is 34.9. The quantitative estimate of drug-likeness (QED) is 0.0359. The Hall–Kier alpha value is -1.59. The van der Waals surface area contributed by atoms with E-state index < -0.39 is 6.10 Å². The van der Waals surface area contributed by atoms with Gasteiger partial charge in [0.1, 0.15) is 13.2 Å². The molecule has 0 saturated carbocycles. The van der Waals surface area contributed by atoms with Crippen molar-refractivity contribution in [2.75, 3.05) is 13.2 Å². The van der Waals surface area contributed by atoms with Gasteiger partial charge in [-0.1, -0.05) is 196 Å². The Morgan fingerprint density at radius 2 is 0.686 bits per heavy atom. The minimum atomic E-state index is -0.762. The van der Waals surface area contributed by atoms with Crippen LogP contribution in [0.25, 0.3) is 0 Å². The maximum absolute atomic E-state index is 12.7. The molecule has 0 heterocycles. The average molecular weight is 723 g/mol. The molecular weight excluding hydrogens is 636 g/mol. The second kappa shape index (κ2) is 36.8. The summed E-state index contributed by atoms with van der Waals surface area (Å²) >= 11 is 0. The Bertz CT molecular complexity index is 794. The van der Waals surface area contributed by atoms with Gasteiger partial charge in [0.05, 0.1) is 0 Å². The van der Waals surface area contributed by atoms with E-state index in [4.69, 9.17) is 14.2 Å². The fourth-order valence-corrected chi connectivity index (χ4v) is 6.49. The summed E-state index contributed by atoms with van der Waals surface area (Å²) in [7, 11) is 0. The van der Waals surface area contributed by atoms with Gasteiger partial charge in [-0.05, 0) is 37.0 Å². The van der Waals surface area contributed by atoms with E-state index in [2.05, 4.69) is 41.5 Å². The van der Waals surface area contributed by atoms with Gasteiger partial charge in [0.15, 0.2) is 6.10 Å². The Morgan fingerprint density at radius 3 is 1.02 bits per heavy atom. The zero-order chi connectivity index (χ0) is 37.8. The van der Waals surface area contributed by atoms with Crippen molar-refractivity contribution in [1.82, 2.24) is 0 Å². The highest BCUT2D eigenvalue weighted by Crippen LogP contribution is 2.17. The van der Waals surface area contributed by atoms with Crippen molar-refractivity contribution in [3.63, 3.8) is 0 Å². The number of unbranched alkanes of at least 4 members (excludes halogenated alkanes) is 20. The van der Waals surface area contributed by atoms with E-state index in [1.54, 1.807) is 0 Å². The Labute approximate surface area is 317 Å². The highest BCUT2D eigenvalue weighted by Gasteiger charge is 2.19. The van der Waals surface area contributed by atoms with Crippen LogP contribution in [0.1, 0.15) is 234 Å². The lowest BCUT2D eigenvalue weighted by Gasteiger charge is -2.18. The summed E-state index contributed by atoms with van der Waals surface area (Å²) in [4.78, 5) is 37.6. The third-order valence-corrected chi connectivity index (χ3v) is 10.3. The van der Waals surface area contributed by atoms with Gasteiger partial charge in [-0.15, -0.1) is 0 Å². The van der Waals surface area contributed by atoms with Gasteiger partial charge in [-0.3, -0.25) is 14.4 Å². The first kappa shape index (κ1) is 49.4. The van der Waals surface area contributed by atoms with Crippen LogP contribution in [0.4, 0.5) is 0 Å². The standard InChI is InChI=1S/C45H86O6/c1-7-41(6)33-27-21-17-18-24-30-36-45(48)51-42(38-50-44(47)35-29-23-16-12-11-14-20-26-32-40(4)5)37-49-43(46)34-28-22-15-10-8-9-13-19-25-31-39(2)3/h39-42H,7-38H2,1-6H3/t41?,42-/m0/s1. The Kier molecular flexibility index (Phi) is 35.6. The largest absolute Gasteiger partial charge is 0.462 e. The van der Waals surface area contributed by atoms with Crippen LogP contribution in [-0.4, -0.2) is 37.2 Å². The van der Waals surface area contributed by atoms with Crippen LogP contribution in [0, 0.1) is 17.8 Å². The number of hydrogen-bond donors (Lipinski definition) is 0. The molecule has 0 saturated heterocycles. The third-order valence-electron chi connectivity index (χ3n) is 10.3. The minimum Gasteiger partial charge on any atom is -0.462 e. The summed E-state index contributed by atoms with van der Waals surface area (Å²) in [5, 5.41) is 0. The SMILES string of the molecule is CCC(C)CCCCCCCCC(=O)O[C@@H](COC(=O)CCCCCCCCCCCC(C)C)COC(=O)CCCCCCCCCCC(C)C. The molecule has 0 aliphatic heterocycles. The Morgan fingerprint density at radius 1 is 0.392 bits per heavy atom. The Balaban J connectivity index is 4.36. The van der Waals surface area contributed by atoms with Crippen LogP contribution < -0.4 is 0 Å². The summed E-state index contributed by atoms with van der Waals surface area (Å²) < 4.78 is 16.7. The summed E-state index contributed by atoms with van der Waals surface area (Å²) in [6, 6.07) is 0. The molecule has 0 bridgehead atoms. The second-order valence-corrected chi connectivity index (χ2v) is 16.5. The van der Waals surface area contributed by atoms with Gasteiger partial charge in [-0.2, -0.15) is 0 Å². The molecular formula is C45H86O6. The first-order chi connectivity index (χ1) is 24.6. The number of hydrogen-bond acceptors (Lipinski definition) is 6. The number of ether oxygens (including phenoxy) is 3. The molecule has 0 aliphatic carbocycles. The van der Waals surface area contributed by atoms with Gasteiger partial charge >= 0.3 is 17.9 Å². The fourth-order valence-electron chi connectivity index (χ4n) is 6.49. The highest BCUT2D eigenvalue weighted by atomic mass is 16.6. The van der Waals surface area contributed by atoms with Crippen LogP contribution in [-0.2, 0) is 28.6 Å². The number of rotatable bonds is 38. The lowest BCUT2D eigenvalue weighted by molar-refractivity contribution is -0.167. The minimum absolute atomic E-state index is 0.0674. The molecule has 51 heavy (non-hydrogen) atoms. The molecule has 6 heteroatoms. The molecule has 6 nitrogen and oxygen atoms in total. The van der Waals surface area contributed by atoms with Crippen molar-refractivity contribution < 1.29 is 28.6 Å². The molecule has 0 aromatic rings. The van der Waals surface area contributed by atoms with Crippen LogP contribution in [0.5, 0.6) is 0 Å². The molecule has 1 unspecified atom stereocenters. The normalized spacial score (nSPS) is 12.7. The number of carbonyl (C=O) groups is 3. The average Bonchev–Trinajstić information content (AvgIpc) is 3.09. The molecule has 0 aromatic heterocycles. The first-order valence-corrected chi connectivity index (χ1v) is 22.1. The molecule has 0 aliphatic rings. The van der Waals surface area contributed by atoms with Crippen molar-refractivity contribution in [1.29, 1.82) is 0 Å². The topological polar surface area (TPSA) is 78.9 Å². The molecule has 0 fully saturated rings. The molecule has 0 N–H and O–H groups in total. The van der Waals surface area contributed by atoms with Crippen molar-refractivity contribution in [2.45, 2.75) is 240 Å². The lowest BCUT2D eigenvalue weighted by Crippen LogP contribution is -2.30. The van der Waals surface area contributed by atoms with E-state index in [0.29, 0.717) is 19.3 Å². The third kappa shape index (κ3) is 38.0. The molecule has 0 amide bonds. The van der Waals surface area contributed by atoms with Crippen LogP contribution in [0.15, 0.2) is 0 Å². The van der Waals surface area contributed by atoms with Gasteiger partial charge in [-0.25, -0.2) is 0 Å². The predicted octanol–water partition coefficient (Wildman–Crippen LogP) is 13.7. The molecule has 0 spiro atoms. The van der Waals surface area contributed by atoms with E-state index in [-0.39, 0.29) is 31.1 Å². The van der Waals surface area contributed by atoms with E-state index in [9.17, 15) is 14.4 Å².